The van der Waals surface area contributed by atoms with E-state index in [2.05, 4.69) is 27.2 Å². The van der Waals surface area contributed by atoms with Crippen LogP contribution in [-0.2, 0) is 11.2 Å². The number of nitrogens with zero attached hydrogens (tertiary/aromatic N) is 4. The van der Waals surface area contributed by atoms with E-state index < -0.39 is 0 Å². The Labute approximate surface area is 179 Å². The summed E-state index contributed by atoms with van der Waals surface area (Å²) in [5.74, 6) is 0.595. The molecule has 0 spiro atoms. The van der Waals surface area contributed by atoms with E-state index >= 15 is 0 Å². The largest absolute Gasteiger partial charge is 0.326 e. The van der Waals surface area contributed by atoms with Gasteiger partial charge in [-0.3, -0.25) is 14.2 Å². The summed E-state index contributed by atoms with van der Waals surface area (Å²) in [5, 5.41) is 4.08. The smallest absolute Gasteiger partial charge is 0.234 e. The van der Waals surface area contributed by atoms with Gasteiger partial charge < -0.3 is 5.32 Å². The number of amides is 1. The van der Waals surface area contributed by atoms with Gasteiger partial charge in [0.2, 0.25) is 11.7 Å². The monoisotopic (exact) mass is 407 g/mol. The van der Waals surface area contributed by atoms with Gasteiger partial charge in [0.25, 0.3) is 0 Å². The molecule has 152 valence electrons. The Kier molecular flexibility index (Phi) is 4.67. The van der Waals surface area contributed by atoms with Crippen LogP contribution >= 0.6 is 0 Å². The highest BCUT2D eigenvalue weighted by atomic mass is 16.1. The summed E-state index contributed by atoms with van der Waals surface area (Å²) in [7, 11) is 0. The lowest BCUT2D eigenvalue weighted by molar-refractivity contribution is -0.115. The second kappa shape index (κ2) is 7.65. The van der Waals surface area contributed by atoms with E-state index in [1.54, 1.807) is 6.20 Å². The number of aryl methyl sites for hydroxylation is 2. The predicted octanol–water partition coefficient (Wildman–Crippen LogP) is 4.74. The number of hydrogen-bond donors (Lipinski definition) is 1. The molecule has 6 heteroatoms. The fourth-order valence-corrected chi connectivity index (χ4v) is 3.89. The van der Waals surface area contributed by atoms with Gasteiger partial charge >= 0.3 is 0 Å². The van der Waals surface area contributed by atoms with Crippen molar-refractivity contribution in [1.82, 2.24) is 19.4 Å². The maximum absolute atomic E-state index is 12.7. The van der Waals surface area contributed by atoms with Crippen LogP contribution in [0.5, 0.6) is 0 Å². The topological polar surface area (TPSA) is 72.2 Å². The zero-order chi connectivity index (χ0) is 21.4. The zero-order valence-electron chi connectivity index (χ0n) is 17.3. The number of carbonyl (C=O) groups excluding carboxylic acids is 1. The van der Waals surface area contributed by atoms with Crippen LogP contribution in [0.25, 0.3) is 27.9 Å². The lowest BCUT2D eigenvalue weighted by Gasteiger charge is -2.13. The minimum atomic E-state index is -0.0621. The molecular formula is C25H21N5O. The molecule has 0 aliphatic rings. The maximum Gasteiger partial charge on any atom is 0.234 e. The second-order valence-corrected chi connectivity index (χ2v) is 7.57. The van der Waals surface area contributed by atoms with Gasteiger partial charge in [0.1, 0.15) is 0 Å². The van der Waals surface area contributed by atoms with Gasteiger partial charge in [0, 0.05) is 40.9 Å². The molecule has 0 saturated carbocycles. The van der Waals surface area contributed by atoms with Crippen LogP contribution in [0, 0.1) is 13.8 Å². The third kappa shape index (κ3) is 3.64. The number of hydrogen-bond acceptors (Lipinski definition) is 4. The highest BCUT2D eigenvalue weighted by molar-refractivity contribution is 5.94. The Morgan fingerprint density at radius 2 is 1.81 bits per heavy atom. The molecule has 2 aromatic carbocycles. The predicted molar refractivity (Wildman–Crippen MR) is 122 cm³/mol. The molecule has 0 radical (unpaired) electrons. The number of para-hydroxylation sites is 1. The van der Waals surface area contributed by atoms with E-state index in [9.17, 15) is 4.79 Å². The van der Waals surface area contributed by atoms with Crippen molar-refractivity contribution in [3.63, 3.8) is 0 Å². The van der Waals surface area contributed by atoms with Crippen molar-refractivity contribution in [2.75, 3.05) is 5.32 Å². The van der Waals surface area contributed by atoms with Crippen molar-refractivity contribution >= 4 is 28.3 Å². The van der Waals surface area contributed by atoms with Crippen molar-refractivity contribution < 1.29 is 4.79 Å². The summed E-state index contributed by atoms with van der Waals surface area (Å²) in [4.78, 5) is 26.2. The van der Waals surface area contributed by atoms with Gasteiger partial charge in [0.15, 0.2) is 0 Å². The number of nitrogens with one attached hydrogen (secondary N) is 1. The summed E-state index contributed by atoms with van der Waals surface area (Å²) in [5.41, 5.74) is 6.49. The lowest BCUT2D eigenvalue weighted by Crippen LogP contribution is -2.16. The van der Waals surface area contributed by atoms with Crippen LogP contribution in [-0.4, -0.2) is 25.3 Å². The normalized spacial score (nSPS) is 11.2. The third-order valence-electron chi connectivity index (χ3n) is 5.52. The van der Waals surface area contributed by atoms with Crippen LogP contribution in [0.3, 0.4) is 0 Å². The van der Waals surface area contributed by atoms with Gasteiger partial charge in [-0.2, -0.15) is 0 Å². The number of anilines is 1. The van der Waals surface area contributed by atoms with Gasteiger partial charge in [-0.25, -0.2) is 9.97 Å². The first kappa shape index (κ1) is 18.9. The first-order chi connectivity index (χ1) is 15.1. The number of imidazole rings is 1. The maximum atomic E-state index is 12.7. The molecule has 0 atom stereocenters. The Bertz CT molecular complexity index is 1390. The van der Waals surface area contributed by atoms with E-state index in [0.717, 1.165) is 44.7 Å². The van der Waals surface area contributed by atoms with Crippen LogP contribution in [0.4, 0.5) is 5.69 Å². The average molecular weight is 407 g/mol. The Hall–Kier alpha value is -4.06. The SMILES string of the molecule is Cc1nc2ccccc2c(C)c1CC(=O)Nc1ccc(-c2cn3cccnc3n2)cc1. The number of fused-ring (bicyclic) bond motifs is 2. The zero-order valence-corrected chi connectivity index (χ0v) is 17.3. The minimum absolute atomic E-state index is 0.0621. The highest BCUT2D eigenvalue weighted by Crippen LogP contribution is 2.24. The average Bonchev–Trinajstić information content (AvgIpc) is 3.21. The van der Waals surface area contributed by atoms with Gasteiger partial charge in [-0.1, -0.05) is 30.3 Å². The van der Waals surface area contributed by atoms with E-state index in [1.165, 1.54) is 0 Å². The highest BCUT2D eigenvalue weighted by Gasteiger charge is 2.13. The first-order valence-corrected chi connectivity index (χ1v) is 10.1. The number of rotatable bonds is 4. The molecule has 5 rings (SSSR count). The van der Waals surface area contributed by atoms with Gasteiger partial charge in [-0.05, 0) is 49.2 Å². The van der Waals surface area contributed by atoms with E-state index in [0.29, 0.717) is 5.78 Å². The Balaban J connectivity index is 1.33. The van der Waals surface area contributed by atoms with Crippen molar-refractivity contribution in [2.45, 2.75) is 20.3 Å². The van der Waals surface area contributed by atoms with E-state index in [4.69, 9.17) is 0 Å². The molecule has 5 aromatic rings. The molecule has 0 bridgehead atoms. The Morgan fingerprint density at radius 1 is 1.00 bits per heavy atom. The third-order valence-corrected chi connectivity index (χ3v) is 5.52. The lowest BCUT2D eigenvalue weighted by atomic mass is 9.99. The molecule has 0 unspecified atom stereocenters. The van der Waals surface area contributed by atoms with Crippen molar-refractivity contribution in [2.24, 2.45) is 0 Å². The molecule has 3 heterocycles. The molecule has 1 amide bonds. The first-order valence-electron chi connectivity index (χ1n) is 10.1. The summed E-state index contributed by atoms with van der Waals surface area (Å²) in [6.45, 7) is 4.01. The van der Waals surface area contributed by atoms with Gasteiger partial charge in [-0.15, -0.1) is 0 Å². The van der Waals surface area contributed by atoms with Crippen LogP contribution in [0.1, 0.15) is 16.8 Å². The number of pyridine rings is 1. The fraction of sp³-hybridized carbons (Fsp3) is 0.120. The van der Waals surface area contributed by atoms with Crippen LogP contribution < -0.4 is 5.32 Å². The molecule has 1 N–H and O–H groups in total. The minimum Gasteiger partial charge on any atom is -0.326 e. The number of aromatic nitrogens is 4. The molecular weight excluding hydrogens is 386 g/mol. The van der Waals surface area contributed by atoms with Crippen molar-refractivity contribution in [1.29, 1.82) is 0 Å². The molecule has 6 nitrogen and oxygen atoms in total. The van der Waals surface area contributed by atoms with Crippen LogP contribution in [0.15, 0.2) is 73.2 Å². The van der Waals surface area contributed by atoms with Crippen LogP contribution in [0.2, 0.25) is 0 Å². The van der Waals surface area contributed by atoms with E-state index in [-0.39, 0.29) is 12.3 Å². The summed E-state index contributed by atoms with van der Waals surface area (Å²) < 4.78 is 1.88. The van der Waals surface area contributed by atoms with E-state index in [1.807, 2.05) is 78.3 Å². The summed E-state index contributed by atoms with van der Waals surface area (Å²) >= 11 is 0. The molecule has 0 aliphatic heterocycles. The van der Waals surface area contributed by atoms with Crippen molar-refractivity contribution in [3.05, 3.63) is 90.0 Å². The summed E-state index contributed by atoms with van der Waals surface area (Å²) in [6, 6.07) is 17.6. The molecule has 0 saturated heterocycles. The molecule has 31 heavy (non-hydrogen) atoms. The fourth-order valence-electron chi connectivity index (χ4n) is 3.89. The standard InChI is InChI=1S/C25H21N5O/c1-16-20-6-3-4-7-22(20)27-17(2)21(16)14-24(31)28-19-10-8-18(9-11-19)23-15-30-13-5-12-26-25(30)29-23/h3-13,15H,14H2,1-2H3,(H,28,31). The number of carbonyl (C=O) groups is 1. The molecule has 3 aromatic heterocycles. The molecule has 0 fully saturated rings. The molecule has 0 aliphatic carbocycles. The Morgan fingerprint density at radius 3 is 2.61 bits per heavy atom. The summed E-state index contributed by atoms with van der Waals surface area (Å²) in [6.07, 6.45) is 5.86. The van der Waals surface area contributed by atoms with Gasteiger partial charge in [0.05, 0.1) is 17.6 Å². The second-order valence-electron chi connectivity index (χ2n) is 7.57. The number of benzene rings is 2. The van der Waals surface area contributed by atoms with Crippen molar-refractivity contribution in [3.8, 4) is 11.3 Å². The quantitative estimate of drug-likeness (QED) is 0.467.